The lowest BCUT2D eigenvalue weighted by Crippen LogP contribution is -2.50. The largest absolute Gasteiger partial charge is 0.354 e. The van der Waals surface area contributed by atoms with Gasteiger partial charge in [0.25, 0.3) is 0 Å². The van der Waals surface area contributed by atoms with Crippen molar-refractivity contribution in [3.05, 3.63) is 69.5 Å². The van der Waals surface area contributed by atoms with Crippen LogP contribution in [0.5, 0.6) is 0 Å². The second-order valence-electron chi connectivity index (χ2n) is 7.83. The quantitative estimate of drug-likeness (QED) is 0.650. The van der Waals surface area contributed by atoms with Crippen molar-refractivity contribution in [3.63, 3.8) is 0 Å². The van der Waals surface area contributed by atoms with Crippen molar-refractivity contribution >= 4 is 17.2 Å². The van der Waals surface area contributed by atoms with Gasteiger partial charge in [-0.15, -0.1) is 11.3 Å². The maximum Gasteiger partial charge on any atom is 0.240 e. The van der Waals surface area contributed by atoms with Crippen LogP contribution in [-0.4, -0.2) is 33.5 Å². The van der Waals surface area contributed by atoms with Gasteiger partial charge in [0.05, 0.1) is 12.6 Å². The van der Waals surface area contributed by atoms with E-state index in [0.29, 0.717) is 37.9 Å². The van der Waals surface area contributed by atoms with Crippen molar-refractivity contribution in [2.75, 3.05) is 6.54 Å². The molecule has 3 heterocycles. The van der Waals surface area contributed by atoms with Crippen LogP contribution in [0.2, 0.25) is 0 Å². The fourth-order valence-corrected chi connectivity index (χ4v) is 4.61. The van der Waals surface area contributed by atoms with E-state index in [-0.39, 0.29) is 11.9 Å². The summed E-state index contributed by atoms with van der Waals surface area (Å²) < 4.78 is 5.48. The highest BCUT2D eigenvalue weighted by molar-refractivity contribution is 7.09. The first kappa shape index (κ1) is 18.5. The predicted octanol–water partition coefficient (Wildman–Crippen LogP) is 3.29. The van der Waals surface area contributed by atoms with Crippen molar-refractivity contribution in [1.82, 2.24) is 20.4 Å². The molecule has 1 aliphatic heterocycles. The van der Waals surface area contributed by atoms with Crippen LogP contribution in [0.15, 0.2) is 46.3 Å². The third kappa shape index (κ3) is 4.26. The smallest absolute Gasteiger partial charge is 0.240 e. The van der Waals surface area contributed by atoms with Crippen LogP contribution in [0.25, 0.3) is 0 Å². The Morgan fingerprint density at radius 1 is 1.21 bits per heavy atom. The molecule has 1 fully saturated rings. The molecule has 2 aliphatic rings. The molecule has 1 atom stereocenters. The third-order valence-corrected chi connectivity index (χ3v) is 6.60. The summed E-state index contributed by atoms with van der Waals surface area (Å²) in [5.41, 5.74) is 2.50. The second-order valence-corrected chi connectivity index (χ2v) is 8.87. The van der Waals surface area contributed by atoms with Crippen molar-refractivity contribution in [3.8, 4) is 0 Å². The minimum atomic E-state index is -0.232. The van der Waals surface area contributed by atoms with Crippen molar-refractivity contribution < 1.29 is 9.32 Å². The number of amides is 1. The Balaban J connectivity index is 1.29. The molecule has 2 aromatic heterocycles. The van der Waals surface area contributed by atoms with E-state index < -0.39 is 0 Å². The molecular formula is C22H24N4O2S. The van der Waals surface area contributed by atoms with E-state index >= 15 is 0 Å². The Bertz CT molecular complexity index is 980. The SMILES string of the molecule is O=C(NCCc1cccs1)[C@@H]1Cc2ccccc2CN1Cc1nc(C2CC2)no1. The number of carbonyl (C=O) groups excluding carboxylic acids is 1. The molecule has 5 rings (SSSR count). The first-order chi connectivity index (χ1) is 14.3. The van der Waals surface area contributed by atoms with Gasteiger partial charge in [-0.1, -0.05) is 35.5 Å². The van der Waals surface area contributed by atoms with Crippen molar-refractivity contribution in [2.45, 2.75) is 50.7 Å². The standard InChI is InChI=1S/C22H24N4O2S/c27-22(23-10-9-18-6-3-11-29-18)19-12-16-4-1-2-5-17(16)13-26(19)14-20-24-21(25-28-20)15-7-8-15/h1-6,11,15,19H,7-10,12-14H2,(H,23,27)/t19-/m0/s1. The molecule has 1 N–H and O–H groups in total. The molecule has 0 spiro atoms. The highest BCUT2D eigenvalue weighted by Crippen LogP contribution is 2.38. The topological polar surface area (TPSA) is 71.3 Å². The molecular weight excluding hydrogens is 384 g/mol. The van der Waals surface area contributed by atoms with Crippen LogP contribution in [0.4, 0.5) is 0 Å². The Labute approximate surface area is 173 Å². The van der Waals surface area contributed by atoms with E-state index in [1.807, 2.05) is 12.1 Å². The first-order valence-electron chi connectivity index (χ1n) is 10.2. The number of thiophene rings is 1. The van der Waals surface area contributed by atoms with Gasteiger partial charge >= 0.3 is 0 Å². The molecule has 0 unspecified atom stereocenters. The fraction of sp³-hybridized carbons (Fsp3) is 0.409. The van der Waals surface area contributed by atoms with Gasteiger partial charge in [0.2, 0.25) is 11.8 Å². The van der Waals surface area contributed by atoms with E-state index in [4.69, 9.17) is 4.52 Å². The summed E-state index contributed by atoms with van der Waals surface area (Å²) in [6, 6.07) is 12.3. The lowest BCUT2D eigenvalue weighted by molar-refractivity contribution is -0.127. The van der Waals surface area contributed by atoms with Gasteiger partial charge in [-0.2, -0.15) is 4.98 Å². The van der Waals surface area contributed by atoms with Gasteiger partial charge in [-0.25, -0.2) is 0 Å². The fourth-order valence-electron chi connectivity index (χ4n) is 3.90. The predicted molar refractivity (Wildman–Crippen MR) is 110 cm³/mol. The van der Waals surface area contributed by atoms with Crippen LogP contribution in [0.3, 0.4) is 0 Å². The molecule has 0 bridgehead atoms. The molecule has 3 aromatic rings. The van der Waals surface area contributed by atoms with Crippen molar-refractivity contribution in [2.24, 2.45) is 0 Å². The molecule has 1 aromatic carbocycles. The number of rotatable bonds is 7. The Kier molecular flexibility index (Phi) is 5.16. The summed E-state index contributed by atoms with van der Waals surface area (Å²) in [6.07, 6.45) is 3.85. The third-order valence-electron chi connectivity index (χ3n) is 5.66. The van der Waals surface area contributed by atoms with Gasteiger partial charge in [-0.05, 0) is 48.3 Å². The molecule has 6 nitrogen and oxygen atoms in total. The maximum absolute atomic E-state index is 13.0. The minimum Gasteiger partial charge on any atom is -0.354 e. The number of nitrogens with one attached hydrogen (secondary N) is 1. The summed E-state index contributed by atoms with van der Waals surface area (Å²) >= 11 is 1.72. The number of benzene rings is 1. The van der Waals surface area contributed by atoms with Crippen LogP contribution >= 0.6 is 11.3 Å². The molecule has 150 valence electrons. The normalized spacial score (nSPS) is 19.1. The molecule has 1 aliphatic carbocycles. The van der Waals surface area contributed by atoms with Gasteiger partial charge in [-0.3, -0.25) is 9.69 Å². The summed E-state index contributed by atoms with van der Waals surface area (Å²) in [5.74, 6) is 1.95. The molecule has 1 saturated carbocycles. The van der Waals surface area contributed by atoms with Crippen LogP contribution in [0.1, 0.15) is 46.5 Å². The zero-order chi connectivity index (χ0) is 19.6. The number of hydrogen-bond donors (Lipinski definition) is 1. The average Bonchev–Trinajstić information content (AvgIpc) is 3.25. The summed E-state index contributed by atoms with van der Waals surface area (Å²) in [7, 11) is 0. The number of hydrogen-bond acceptors (Lipinski definition) is 6. The van der Waals surface area contributed by atoms with Crippen LogP contribution in [0, 0.1) is 0 Å². The lowest BCUT2D eigenvalue weighted by atomic mass is 9.93. The van der Waals surface area contributed by atoms with Gasteiger partial charge in [0.1, 0.15) is 0 Å². The van der Waals surface area contributed by atoms with E-state index in [0.717, 1.165) is 25.1 Å². The number of carbonyl (C=O) groups is 1. The van der Waals surface area contributed by atoms with E-state index in [2.05, 4.69) is 50.0 Å². The van der Waals surface area contributed by atoms with Gasteiger partial charge in [0, 0.05) is 23.9 Å². The first-order valence-corrected chi connectivity index (χ1v) is 11.1. The molecule has 29 heavy (non-hydrogen) atoms. The van der Waals surface area contributed by atoms with Gasteiger partial charge in [0.15, 0.2) is 5.82 Å². The van der Waals surface area contributed by atoms with E-state index in [1.54, 1.807) is 11.3 Å². The van der Waals surface area contributed by atoms with E-state index in [9.17, 15) is 4.79 Å². The van der Waals surface area contributed by atoms with Gasteiger partial charge < -0.3 is 9.84 Å². The van der Waals surface area contributed by atoms with Crippen LogP contribution < -0.4 is 5.32 Å². The molecule has 1 amide bonds. The monoisotopic (exact) mass is 408 g/mol. The zero-order valence-corrected chi connectivity index (χ0v) is 17.0. The second kappa shape index (κ2) is 8.08. The lowest BCUT2D eigenvalue weighted by Gasteiger charge is -2.35. The summed E-state index contributed by atoms with van der Waals surface area (Å²) in [4.78, 5) is 21.1. The molecule has 7 heteroatoms. The highest BCUT2D eigenvalue weighted by Gasteiger charge is 2.33. The van der Waals surface area contributed by atoms with Crippen molar-refractivity contribution in [1.29, 1.82) is 0 Å². The molecule has 0 radical (unpaired) electrons. The zero-order valence-electron chi connectivity index (χ0n) is 16.2. The highest BCUT2D eigenvalue weighted by atomic mass is 32.1. The number of nitrogens with zero attached hydrogens (tertiary/aromatic N) is 3. The Morgan fingerprint density at radius 2 is 2.07 bits per heavy atom. The summed E-state index contributed by atoms with van der Waals surface area (Å²) in [6.45, 7) is 1.86. The van der Waals surface area contributed by atoms with Crippen LogP contribution in [-0.2, 0) is 30.7 Å². The maximum atomic E-state index is 13.0. The Hall–Kier alpha value is -2.51. The van der Waals surface area contributed by atoms with E-state index in [1.165, 1.54) is 16.0 Å². The Morgan fingerprint density at radius 3 is 2.86 bits per heavy atom. The minimum absolute atomic E-state index is 0.0676. The molecule has 0 saturated heterocycles. The number of fused-ring (bicyclic) bond motifs is 1. The number of aromatic nitrogens is 2. The summed E-state index contributed by atoms with van der Waals surface area (Å²) in [5, 5.41) is 9.32. The average molecular weight is 409 g/mol.